The minimum absolute atomic E-state index is 0.581. The first-order valence-corrected chi connectivity index (χ1v) is 8.68. The molecule has 4 rings (SSSR count). The van der Waals surface area contributed by atoms with E-state index >= 15 is 0 Å². The molecular formula is C16H21N3S. The smallest absolute Gasteiger partial charge is 0.138 e. The molecule has 2 aromatic heterocycles. The zero-order valence-electron chi connectivity index (χ0n) is 12.0. The van der Waals surface area contributed by atoms with Crippen LogP contribution in [0.5, 0.6) is 0 Å². The summed E-state index contributed by atoms with van der Waals surface area (Å²) in [7, 11) is 1.99. The van der Waals surface area contributed by atoms with Crippen LogP contribution in [-0.2, 0) is 12.8 Å². The highest BCUT2D eigenvalue weighted by Crippen LogP contribution is 2.41. The normalized spacial score (nSPS) is 19.4. The highest BCUT2D eigenvalue weighted by Gasteiger charge is 2.24. The Bertz CT molecular complexity index is 641. The average molecular weight is 287 g/mol. The summed E-state index contributed by atoms with van der Waals surface area (Å²) in [5, 5.41) is 4.63. The molecule has 3 nitrogen and oxygen atoms in total. The molecule has 20 heavy (non-hydrogen) atoms. The predicted molar refractivity (Wildman–Crippen MR) is 84.8 cm³/mol. The second-order valence-corrected chi connectivity index (χ2v) is 7.14. The second kappa shape index (κ2) is 4.99. The minimum atomic E-state index is 0.581. The number of aromatic nitrogens is 2. The lowest BCUT2D eigenvalue weighted by Crippen LogP contribution is -2.10. The molecule has 106 valence electrons. The lowest BCUT2D eigenvalue weighted by atomic mass is 9.88. The summed E-state index contributed by atoms with van der Waals surface area (Å²) in [6.45, 7) is 0. The van der Waals surface area contributed by atoms with Crippen LogP contribution in [0.2, 0.25) is 0 Å². The largest absolute Gasteiger partial charge is 0.372 e. The molecule has 0 aromatic carbocycles. The van der Waals surface area contributed by atoms with E-state index in [0.29, 0.717) is 5.92 Å². The highest BCUT2D eigenvalue weighted by molar-refractivity contribution is 7.19. The third-order valence-corrected chi connectivity index (χ3v) is 5.97. The molecule has 0 spiro atoms. The Morgan fingerprint density at radius 2 is 1.90 bits per heavy atom. The summed E-state index contributed by atoms with van der Waals surface area (Å²) in [5.41, 5.74) is 1.52. The van der Waals surface area contributed by atoms with Gasteiger partial charge in [0.1, 0.15) is 16.5 Å². The summed E-state index contributed by atoms with van der Waals surface area (Å²) < 4.78 is 0. The Labute approximate surface area is 123 Å². The van der Waals surface area contributed by atoms with Crippen molar-refractivity contribution in [3.8, 4) is 0 Å². The summed E-state index contributed by atoms with van der Waals surface area (Å²) >= 11 is 1.90. The zero-order valence-corrected chi connectivity index (χ0v) is 12.9. The van der Waals surface area contributed by atoms with E-state index in [2.05, 4.69) is 5.32 Å². The number of nitrogens with one attached hydrogen (secondary N) is 1. The van der Waals surface area contributed by atoms with Crippen molar-refractivity contribution in [2.45, 2.75) is 57.3 Å². The number of aryl methyl sites for hydroxylation is 2. The predicted octanol–water partition coefficient (Wildman–Crippen LogP) is 4.27. The number of nitrogens with zero attached hydrogens (tertiary/aromatic N) is 2. The third kappa shape index (κ3) is 1.93. The van der Waals surface area contributed by atoms with Crippen molar-refractivity contribution < 1.29 is 0 Å². The monoisotopic (exact) mass is 287 g/mol. The maximum atomic E-state index is 4.94. The van der Waals surface area contributed by atoms with Gasteiger partial charge in [-0.25, -0.2) is 9.97 Å². The summed E-state index contributed by atoms with van der Waals surface area (Å²) in [4.78, 5) is 12.6. The molecule has 2 aromatic rings. The van der Waals surface area contributed by atoms with Crippen LogP contribution in [0, 0.1) is 0 Å². The maximum Gasteiger partial charge on any atom is 0.138 e. The zero-order chi connectivity index (χ0) is 13.5. The molecular weight excluding hydrogens is 266 g/mol. The van der Waals surface area contributed by atoms with Gasteiger partial charge in [0.15, 0.2) is 0 Å². The second-order valence-electron chi connectivity index (χ2n) is 6.05. The van der Waals surface area contributed by atoms with Gasteiger partial charge in [0.2, 0.25) is 0 Å². The van der Waals surface area contributed by atoms with E-state index in [-0.39, 0.29) is 0 Å². The summed E-state index contributed by atoms with van der Waals surface area (Å²) in [5.74, 6) is 2.73. The number of thiophene rings is 1. The number of rotatable bonds is 2. The summed E-state index contributed by atoms with van der Waals surface area (Å²) in [6.07, 6.45) is 10.3. The molecule has 1 N–H and O–H groups in total. The van der Waals surface area contributed by atoms with E-state index in [0.717, 1.165) is 11.6 Å². The van der Waals surface area contributed by atoms with Gasteiger partial charge in [-0.3, -0.25) is 0 Å². The van der Waals surface area contributed by atoms with Crippen LogP contribution in [0.15, 0.2) is 0 Å². The van der Waals surface area contributed by atoms with Crippen molar-refractivity contribution in [1.29, 1.82) is 0 Å². The fraction of sp³-hybridized carbons (Fsp3) is 0.625. The van der Waals surface area contributed by atoms with Gasteiger partial charge in [-0.2, -0.15) is 0 Å². The van der Waals surface area contributed by atoms with Crippen LogP contribution in [0.3, 0.4) is 0 Å². The van der Waals surface area contributed by atoms with Crippen LogP contribution in [0.4, 0.5) is 5.82 Å². The Morgan fingerprint density at radius 3 is 2.70 bits per heavy atom. The van der Waals surface area contributed by atoms with Crippen LogP contribution in [0.1, 0.15) is 60.7 Å². The first kappa shape index (κ1) is 12.6. The molecule has 0 aliphatic heterocycles. The van der Waals surface area contributed by atoms with Gasteiger partial charge in [0, 0.05) is 17.8 Å². The van der Waals surface area contributed by atoms with Gasteiger partial charge in [-0.1, -0.05) is 19.3 Å². The van der Waals surface area contributed by atoms with Crippen molar-refractivity contribution in [2.24, 2.45) is 0 Å². The molecule has 1 saturated carbocycles. The van der Waals surface area contributed by atoms with Crippen LogP contribution in [0.25, 0.3) is 10.2 Å². The molecule has 0 radical (unpaired) electrons. The van der Waals surface area contributed by atoms with Crippen molar-refractivity contribution in [1.82, 2.24) is 9.97 Å². The fourth-order valence-corrected chi connectivity index (χ4v) is 5.00. The number of anilines is 1. The van der Waals surface area contributed by atoms with Crippen LogP contribution < -0.4 is 5.32 Å². The van der Waals surface area contributed by atoms with Gasteiger partial charge in [0.05, 0.1) is 5.39 Å². The van der Waals surface area contributed by atoms with Crippen LogP contribution in [-0.4, -0.2) is 17.0 Å². The standard InChI is InChI=1S/C16H21N3S/c1-17-15-13-11-8-5-9-12(11)20-16(13)19-14(18-15)10-6-3-2-4-7-10/h10H,2-9H2,1H3,(H,17,18,19). The molecule has 2 aliphatic carbocycles. The van der Waals surface area contributed by atoms with Gasteiger partial charge in [-0.15, -0.1) is 11.3 Å². The van der Waals surface area contributed by atoms with Gasteiger partial charge >= 0.3 is 0 Å². The van der Waals surface area contributed by atoms with Gasteiger partial charge < -0.3 is 5.32 Å². The number of hydrogen-bond donors (Lipinski definition) is 1. The Balaban J connectivity index is 1.84. The van der Waals surface area contributed by atoms with Gasteiger partial charge in [0.25, 0.3) is 0 Å². The quantitative estimate of drug-likeness (QED) is 0.896. The van der Waals surface area contributed by atoms with E-state index < -0.39 is 0 Å². The molecule has 0 bridgehead atoms. The fourth-order valence-electron chi connectivity index (χ4n) is 3.74. The topological polar surface area (TPSA) is 37.8 Å². The van der Waals surface area contributed by atoms with E-state index in [1.54, 1.807) is 4.88 Å². The van der Waals surface area contributed by atoms with Crippen molar-refractivity contribution in [2.75, 3.05) is 12.4 Å². The number of fused-ring (bicyclic) bond motifs is 3. The van der Waals surface area contributed by atoms with E-state index in [4.69, 9.17) is 9.97 Å². The number of hydrogen-bond acceptors (Lipinski definition) is 4. The molecule has 2 aliphatic rings. The lowest BCUT2D eigenvalue weighted by molar-refractivity contribution is 0.430. The Kier molecular flexibility index (Phi) is 3.14. The third-order valence-electron chi connectivity index (χ3n) is 4.79. The van der Waals surface area contributed by atoms with Crippen molar-refractivity contribution in [3.63, 3.8) is 0 Å². The highest BCUT2D eigenvalue weighted by atomic mass is 32.1. The maximum absolute atomic E-state index is 4.94. The Hall–Kier alpha value is -1.16. The van der Waals surface area contributed by atoms with Crippen molar-refractivity contribution >= 4 is 27.4 Å². The average Bonchev–Trinajstić information content (AvgIpc) is 3.07. The van der Waals surface area contributed by atoms with Crippen LogP contribution >= 0.6 is 11.3 Å². The van der Waals surface area contributed by atoms with Gasteiger partial charge in [-0.05, 0) is 37.7 Å². The Morgan fingerprint density at radius 1 is 1.05 bits per heavy atom. The van der Waals surface area contributed by atoms with Crippen molar-refractivity contribution in [3.05, 3.63) is 16.3 Å². The molecule has 4 heteroatoms. The first-order chi connectivity index (χ1) is 9.86. The molecule has 0 saturated heterocycles. The summed E-state index contributed by atoms with van der Waals surface area (Å²) in [6, 6.07) is 0. The first-order valence-electron chi connectivity index (χ1n) is 7.86. The SMILES string of the molecule is CNc1nc(C2CCCCC2)nc2sc3c(c12)CCC3. The molecule has 1 fully saturated rings. The van der Waals surface area contributed by atoms with E-state index in [1.165, 1.54) is 67.1 Å². The van der Waals surface area contributed by atoms with E-state index in [1.807, 2.05) is 18.4 Å². The molecule has 0 unspecified atom stereocenters. The van der Waals surface area contributed by atoms with E-state index in [9.17, 15) is 0 Å². The molecule has 2 heterocycles. The molecule has 0 amide bonds. The minimum Gasteiger partial charge on any atom is -0.372 e. The lowest BCUT2D eigenvalue weighted by Gasteiger charge is -2.20. The molecule has 0 atom stereocenters.